The van der Waals surface area contributed by atoms with Crippen molar-refractivity contribution in [2.24, 2.45) is 0 Å². The molecule has 1 unspecified atom stereocenters. The van der Waals surface area contributed by atoms with Gasteiger partial charge in [-0.3, -0.25) is 9.59 Å². The first-order valence-electron chi connectivity index (χ1n) is 11.8. The van der Waals surface area contributed by atoms with E-state index in [2.05, 4.69) is 0 Å². The fraction of sp³-hybridized carbons (Fsp3) is 0.462. The number of amides is 1. The summed E-state index contributed by atoms with van der Waals surface area (Å²) in [4.78, 5) is 26.7. The van der Waals surface area contributed by atoms with Gasteiger partial charge in [0.1, 0.15) is 18.0 Å². The van der Waals surface area contributed by atoms with E-state index < -0.39 is 63.0 Å². The summed E-state index contributed by atoms with van der Waals surface area (Å²) in [5.41, 5.74) is 0.842. The van der Waals surface area contributed by atoms with Gasteiger partial charge in [-0.05, 0) is 62.6 Å². The van der Waals surface area contributed by atoms with Crippen molar-refractivity contribution in [1.82, 2.24) is 4.90 Å². The Morgan fingerprint density at radius 3 is 2.38 bits per heavy atom. The van der Waals surface area contributed by atoms with E-state index in [0.29, 0.717) is 16.1 Å². The highest BCUT2D eigenvalue weighted by molar-refractivity contribution is 7.92. The van der Waals surface area contributed by atoms with Crippen molar-refractivity contribution < 1.29 is 32.2 Å². The number of sulfone groups is 1. The van der Waals surface area contributed by atoms with E-state index in [9.17, 15) is 27.5 Å². The van der Waals surface area contributed by atoms with Gasteiger partial charge in [-0.2, -0.15) is 0 Å². The van der Waals surface area contributed by atoms with Gasteiger partial charge in [-0.25, -0.2) is 12.8 Å². The first-order chi connectivity index (χ1) is 17.2. The quantitative estimate of drug-likeness (QED) is 0.440. The van der Waals surface area contributed by atoms with Gasteiger partial charge in [0.25, 0.3) is 5.91 Å². The highest BCUT2D eigenvalue weighted by Gasteiger charge is 2.48. The second-order valence-corrected chi connectivity index (χ2v) is 13.6. The molecule has 11 heteroatoms. The van der Waals surface area contributed by atoms with Crippen LogP contribution in [0.5, 0.6) is 0 Å². The van der Waals surface area contributed by atoms with Crippen LogP contribution in [0.1, 0.15) is 63.8 Å². The van der Waals surface area contributed by atoms with Gasteiger partial charge in [0.05, 0.1) is 28.0 Å². The largest absolute Gasteiger partial charge is 0.481 e. The van der Waals surface area contributed by atoms with Crippen LogP contribution in [0.3, 0.4) is 0 Å². The molecule has 1 N–H and O–H groups in total. The second kappa shape index (κ2) is 11.3. The van der Waals surface area contributed by atoms with Crippen LogP contribution in [0.15, 0.2) is 42.5 Å². The Hall–Kier alpha value is -2.20. The first kappa shape index (κ1) is 29.4. The maximum Gasteiger partial charge on any atom is 0.306 e. The van der Waals surface area contributed by atoms with E-state index in [4.69, 9.17) is 27.9 Å². The van der Waals surface area contributed by atoms with Crippen LogP contribution in [-0.2, 0) is 24.2 Å². The molecular formula is C26H30Cl2FNO6S. The third kappa shape index (κ3) is 6.45. The van der Waals surface area contributed by atoms with Crippen LogP contribution in [0.2, 0.25) is 10.0 Å². The average molecular weight is 574 g/mol. The molecule has 1 aliphatic rings. The monoisotopic (exact) mass is 573 g/mol. The van der Waals surface area contributed by atoms with Crippen molar-refractivity contribution in [3.05, 3.63) is 69.5 Å². The van der Waals surface area contributed by atoms with Crippen molar-refractivity contribution in [2.45, 2.75) is 69.6 Å². The molecule has 0 radical (unpaired) electrons. The summed E-state index contributed by atoms with van der Waals surface area (Å²) in [5.74, 6) is -3.03. The summed E-state index contributed by atoms with van der Waals surface area (Å²) in [6.07, 6.45) is -2.74. The molecule has 2 aromatic carbocycles. The van der Waals surface area contributed by atoms with E-state index in [1.165, 1.54) is 17.0 Å². The maximum absolute atomic E-state index is 14.6. The third-order valence-electron chi connectivity index (χ3n) is 6.46. The van der Waals surface area contributed by atoms with E-state index >= 15 is 0 Å². The average Bonchev–Trinajstić information content (AvgIpc) is 2.79. The van der Waals surface area contributed by atoms with Crippen LogP contribution in [0.25, 0.3) is 0 Å². The smallest absolute Gasteiger partial charge is 0.306 e. The van der Waals surface area contributed by atoms with Crippen LogP contribution in [-0.4, -0.2) is 52.9 Å². The molecule has 0 saturated carbocycles. The lowest BCUT2D eigenvalue weighted by atomic mass is 9.89. The Labute approximate surface area is 226 Å². The molecule has 1 amide bonds. The van der Waals surface area contributed by atoms with Gasteiger partial charge in [0.15, 0.2) is 9.84 Å². The lowest BCUT2D eigenvalue weighted by Crippen LogP contribution is -2.57. The lowest BCUT2D eigenvalue weighted by molar-refractivity contribution is -0.182. The molecule has 1 fully saturated rings. The number of hydrogen-bond acceptors (Lipinski definition) is 5. The van der Waals surface area contributed by atoms with E-state index in [1.54, 1.807) is 58.0 Å². The van der Waals surface area contributed by atoms with Crippen molar-refractivity contribution in [3.8, 4) is 0 Å². The molecule has 1 heterocycles. The highest BCUT2D eigenvalue weighted by Crippen LogP contribution is 2.45. The molecule has 4 atom stereocenters. The van der Waals surface area contributed by atoms with E-state index in [-0.39, 0.29) is 17.2 Å². The summed E-state index contributed by atoms with van der Waals surface area (Å²) in [7, 11) is -3.70. The Kier molecular flexibility index (Phi) is 8.94. The number of carboxylic acid groups (broad SMARTS) is 1. The number of morpholine rings is 1. The van der Waals surface area contributed by atoms with Crippen LogP contribution < -0.4 is 0 Å². The second-order valence-electron chi connectivity index (χ2n) is 10.0. The molecule has 0 bridgehead atoms. The van der Waals surface area contributed by atoms with Gasteiger partial charge >= 0.3 is 5.97 Å². The number of nitrogens with zero attached hydrogens (tertiary/aromatic N) is 1. The topological polar surface area (TPSA) is 101 Å². The minimum Gasteiger partial charge on any atom is -0.481 e. The number of carboxylic acids is 1. The minimum absolute atomic E-state index is 0.122. The van der Waals surface area contributed by atoms with Crippen molar-refractivity contribution in [3.63, 3.8) is 0 Å². The zero-order chi connectivity index (χ0) is 27.7. The maximum atomic E-state index is 14.6. The number of carbonyl (C=O) groups is 2. The van der Waals surface area contributed by atoms with Gasteiger partial charge in [-0.1, -0.05) is 48.3 Å². The molecule has 37 heavy (non-hydrogen) atoms. The summed E-state index contributed by atoms with van der Waals surface area (Å²) in [5, 5.41) is 9.73. The van der Waals surface area contributed by atoms with E-state index in [0.717, 1.165) is 0 Å². The Bertz CT molecular complexity index is 1280. The Morgan fingerprint density at radius 2 is 1.84 bits per heavy atom. The Balaban J connectivity index is 2.25. The van der Waals surface area contributed by atoms with Crippen LogP contribution in [0.4, 0.5) is 4.39 Å². The van der Waals surface area contributed by atoms with Crippen LogP contribution in [0, 0.1) is 5.82 Å². The Morgan fingerprint density at radius 1 is 1.16 bits per heavy atom. The zero-order valence-electron chi connectivity index (χ0n) is 20.9. The van der Waals surface area contributed by atoms with Crippen molar-refractivity contribution in [1.29, 1.82) is 0 Å². The minimum atomic E-state index is -3.70. The number of halogens is 3. The molecule has 202 valence electrons. The number of carbonyl (C=O) groups excluding carboxylic acids is 1. The predicted molar refractivity (Wildman–Crippen MR) is 140 cm³/mol. The van der Waals surface area contributed by atoms with Crippen molar-refractivity contribution >= 4 is 44.9 Å². The van der Waals surface area contributed by atoms with Crippen molar-refractivity contribution in [2.75, 3.05) is 5.75 Å². The molecule has 0 spiro atoms. The van der Waals surface area contributed by atoms with Gasteiger partial charge < -0.3 is 14.7 Å². The predicted octanol–water partition coefficient (Wildman–Crippen LogP) is 5.61. The number of hydrogen-bond donors (Lipinski definition) is 1. The molecule has 0 aromatic heterocycles. The molecule has 7 nitrogen and oxygen atoms in total. The molecule has 3 rings (SSSR count). The van der Waals surface area contributed by atoms with Gasteiger partial charge in [0, 0.05) is 11.1 Å². The molecular weight excluding hydrogens is 544 g/mol. The standard InChI is InChI=1S/C26H30Cl2FNO6S/c1-5-18(14-37(34,35)26(2,3)4)30-23(15-9-10-19(28)20(29)12-15)24(16-7-6-8-17(27)11-16)36-21(25(30)33)13-22(31)32/h6-12,18,21,23-24H,5,13-14H2,1-4H3,(H,31,32)/t18?,21-,23+,24+/m0/s1. The number of aliphatic carboxylic acids is 1. The number of rotatable bonds is 8. The number of ether oxygens (including phenoxy) is 1. The summed E-state index contributed by atoms with van der Waals surface area (Å²) in [6, 6.07) is 8.88. The molecule has 0 aliphatic carbocycles. The first-order valence-corrected chi connectivity index (χ1v) is 14.2. The van der Waals surface area contributed by atoms with Gasteiger partial charge in [-0.15, -0.1) is 0 Å². The SMILES string of the molecule is CCC(CS(=O)(=O)C(C)(C)C)N1C(=O)[C@H](CC(=O)O)O[C@H](c2cccc(Cl)c2)[C@H]1c1ccc(Cl)c(F)c1. The van der Waals surface area contributed by atoms with E-state index in [1.807, 2.05) is 0 Å². The molecule has 2 aromatic rings. The highest BCUT2D eigenvalue weighted by atomic mass is 35.5. The molecule has 1 saturated heterocycles. The lowest BCUT2D eigenvalue weighted by Gasteiger charge is -2.48. The third-order valence-corrected chi connectivity index (χ3v) is 9.69. The zero-order valence-corrected chi connectivity index (χ0v) is 23.3. The fourth-order valence-electron chi connectivity index (χ4n) is 4.33. The number of benzene rings is 2. The molecule has 1 aliphatic heterocycles. The van der Waals surface area contributed by atoms with Gasteiger partial charge in [0.2, 0.25) is 0 Å². The fourth-order valence-corrected chi connectivity index (χ4v) is 6.05. The normalized spacial score (nSPS) is 21.6. The summed E-state index contributed by atoms with van der Waals surface area (Å²) < 4.78 is 46.0. The summed E-state index contributed by atoms with van der Waals surface area (Å²) in [6.45, 7) is 6.46. The summed E-state index contributed by atoms with van der Waals surface area (Å²) >= 11 is 12.1. The van der Waals surface area contributed by atoms with Crippen LogP contribution >= 0.6 is 23.2 Å².